The van der Waals surface area contributed by atoms with E-state index in [1.165, 1.54) is 12.1 Å². The quantitative estimate of drug-likeness (QED) is 0.918. The molecule has 0 aromatic heterocycles. The summed E-state index contributed by atoms with van der Waals surface area (Å²) in [5, 5.41) is 3.28. The summed E-state index contributed by atoms with van der Waals surface area (Å²) >= 11 is 3.38. The van der Waals surface area contributed by atoms with Crippen LogP contribution in [-0.4, -0.2) is 37.8 Å². The molecule has 1 aromatic rings. The van der Waals surface area contributed by atoms with Crippen molar-refractivity contribution >= 4 is 15.9 Å². The maximum atomic E-state index is 13.1. The number of halogens is 3. The van der Waals surface area contributed by atoms with Crippen LogP contribution in [0.2, 0.25) is 0 Å². The molecular weight excluding hydrogens is 302 g/mol. The minimum absolute atomic E-state index is 0.0204. The average Bonchev–Trinajstić information content (AvgIpc) is 2.38. The monoisotopic (exact) mass is 318 g/mol. The van der Waals surface area contributed by atoms with Gasteiger partial charge < -0.3 is 5.32 Å². The maximum absolute atomic E-state index is 13.1. The number of benzene rings is 1. The highest BCUT2D eigenvalue weighted by Gasteiger charge is 2.23. The largest absolute Gasteiger partial charge is 0.314 e. The predicted molar refractivity (Wildman–Crippen MR) is 71.9 cm³/mol. The molecule has 0 unspecified atom stereocenters. The Morgan fingerprint density at radius 1 is 1.33 bits per heavy atom. The molecule has 1 aromatic carbocycles. The lowest BCUT2D eigenvalue weighted by atomic mass is 10.0. The molecule has 2 nitrogen and oxygen atoms in total. The first kappa shape index (κ1) is 13.9. The summed E-state index contributed by atoms with van der Waals surface area (Å²) in [6, 6.07) is 4.66. The van der Waals surface area contributed by atoms with Gasteiger partial charge in [-0.25, -0.2) is 4.39 Å². The van der Waals surface area contributed by atoms with Crippen LogP contribution in [0.25, 0.3) is 0 Å². The third-order valence-corrected chi connectivity index (χ3v) is 3.98. The smallest absolute Gasteiger partial charge is 0.124 e. The second-order valence-corrected chi connectivity index (χ2v) is 5.30. The van der Waals surface area contributed by atoms with Crippen LogP contribution in [0.5, 0.6) is 0 Å². The molecule has 1 aliphatic rings. The zero-order valence-electron chi connectivity index (χ0n) is 10.1. The first-order valence-electron chi connectivity index (χ1n) is 6.18. The second-order valence-electron chi connectivity index (χ2n) is 4.45. The fourth-order valence-electron chi connectivity index (χ4n) is 2.40. The van der Waals surface area contributed by atoms with Gasteiger partial charge in [-0.2, -0.15) is 0 Å². The standard InChI is InChI=1S/C13H17BrF2N2/c14-12-9-10(16)1-2-11(12)13(3-4-15)18-7-5-17-6-8-18/h1-2,9,13,17H,3-8H2/t13-/m1/s1. The second kappa shape index (κ2) is 6.59. The highest BCUT2D eigenvalue weighted by Crippen LogP contribution is 2.31. The van der Waals surface area contributed by atoms with E-state index in [9.17, 15) is 8.78 Å². The van der Waals surface area contributed by atoms with Crippen molar-refractivity contribution in [2.75, 3.05) is 32.9 Å². The molecule has 0 saturated carbocycles. The number of alkyl halides is 1. The lowest BCUT2D eigenvalue weighted by Gasteiger charge is -2.35. The molecule has 100 valence electrons. The first-order valence-corrected chi connectivity index (χ1v) is 6.97. The van der Waals surface area contributed by atoms with E-state index in [1.807, 2.05) is 0 Å². The molecule has 1 heterocycles. The number of hydrogen-bond acceptors (Lipinski definition) is 2. The van der Waals surface area contributed by atoms with E-state index in [0.29, 0.717) is 6.42 Å². The van der Waals surface area contributed by atoms with Gasteiger partial charge in [0.1, 0.15) is 5.82 Å². The zero-order valence-corrected chi connectivity index (χ0v) is 11.7. The lowest BCUT2D eigenvalue weighted by Crippen LogP contribution is -2.45. The first-order chi connectivity index (χ1) is 8.72. The Morgan fingerprint density at radius 3 is 2.67 bits per heavy atom. The molecule has 5 heteroatoms. The van der Waals surface area contributed by atoms with Crippen molar-refractivity contribution in [3.8, 4) is 0 Å². The van der Waals surface area contributed by atoms with Gasteiger partial charge in [0.15, 0.2) is 0 Å². The van der Waals surface area contributed by atoms with Gasteiger partial charge in [0.2, 0.25) is 0 Å². The van der Waals surface area contributed by atoms with Crippen LogP contribution in [0, 0.1) is 5.82 Å². The molecule has 1 N–H and O–H groups in total. The van der Waals surface area contributed by atoms with Gasteiger partial charge in [-0.05, 0) is 24.1 Å². The molecule has 0 radical (unpaired) electrons. The highest BCUT2D eigenvalue weighted by atomic mass is 79.9. The molecule has 2 rings (SSSR count). The molecule has 0 spiro atoms. The molecule has 0 bridgehead atoms. The minimum Gasteiger partial charge on any atom is -0.314 e. The number of nitrogens with one attached hydrogen (secondary N) is 1. The summed E-state index contributed by atoms with van der Waals surface area (Å²) in [5.74, 6) is -0.273. The van der Waals surface area contributed by atoms with E-state index in [-0.39, 0.29) is 18.5 Å². The van der Waals surface area contributed by atoms with Crippen molar-refractivity contribution < 1.29 is 8.78 Å². The van der Waals surface area contributed by atoms with Crippen LogP contribution < -0.4 is 5.32 Å². The number of rotatable bonds is 4. The Balaban J connectivity index is 2.22. The minimum atomic E-state index is -0.363. The Morgan fingerprint density at radius 2 is 2.06 bits per heavy atom. The van der Waals surface area contributed by atoms with E-state index < -0.39 is 0 Å². The van der Waals surface area contributed by atoms with Crippen LogP contribution in [0.1, 0.15) is 18.0 Å². The van der Waals surface area contributed by atoms with Gasteiger partial charge in [0.05, 0.1) is 6.67 Å². The molecular formula is C13H17BrF2N2. The van der Waals surface area contributed by atoms with E-state index in [1.54, 1.807) is 6.07 Å². The van der Waals surface area contributed by atoms with Crippen molar-refractivity contribution in [2.45, 2.75) is 12.5 Å². The van der Waals surface area contributed by atoms with Crippen LogP contribution in [-0.2, 0) is 0 Å². The van der Waals surface area contributed by atoms with Crippen LogP contribution in [0.4, 0.5) is 8.78 Å². The number of piperazine rings is 1. The molecule has 0 aliphatic carbocycles. The van der Waals surface area contributed by atoms with E-state index in [4.69, 9.17) is 0 Å². The summed E-state index contributed by atoms with van der Waals surface area (Å²) in [5.41, 5.74) is 0.968. The third-order valence-electron chi connectivity index (χ3n) is 3.30. The van der Waals surface area contributed by atoms with Gasteiger partial charge in [0, 0.05) is 36.7 Å². The molecule has 18 heavy (non-hydrogen) atoms. The molecule has 1 fully saturated rings. The third kappa shape index (κ3) is 3.28. The lowest BCUT2D eigenvalue weighted by molar-refractivity contribution is 0.157. The number of hydrogen-bond donors (Lipinski definition) is 1. The Labute approximate surface area is 114 Å². The van der Waals surface area contributed by atoms with Gasteiger partial charge in [-0.1, -0.05) is 22.0 Å². The van der Waals surface area contributed by atoms with Gasteiger partial charge in [0.25, 0.3) is 0 Å². The van der Waals surface area contributed by atoms with E-state index in [0.717, 1.165) is 36.2 Å². The summed E-state index contributed by atoms with van der Waals surface area (Å²) in [6.07, 6.45) is 0.449. The van der Waals surface area contributed by atoms with Gasteiger partial charge in [-0.3, -0.25) is 9.29 Å². The molecule has 0 amide bonds. The topological polar surface area (TPSA) is 15.3 Å². The Bertz CT molecular complexity index is 395. The fraction of sp³-hybridized carbons (Fsp3) is 0.538. The van der Waals surface area contributed by atoms with Crippen LogP contribution in [0.15, 0.2) is 22.7 Å². The summed E-state index contributed by atoms with van der Waals surface area (Å²) in [7, 11) is 0. The Kier molecular flexibility index (Phi) is 5.09. The molecule has 1 aliphatic heterocycles. The SMILES string of the molecule is FCC[C@H](c1ccc(F)cc1Br)N1CCNCC1. The average molecular weight is 319 g/mol. The normalized spacial score (nSPS) is 18.8. The van der Waals surface area contributed by atoms with Crippen molar-refractivity contribution in [3.63, 3.8) is 0 Å². The fourth-order valence-corrected chi connectivity index (χ4v) is 3.02. The van der Waals surface area contributed by atoms with E-state index >= 15 is 0 Å². The Hall–Kier alpha value is -0.520. The van der Waals surface area contributed by atoms with E-state index in [2.05, 4.69) is 26.1 Å². The van der Waals surface area contributed by atoms with Crippen molar-refractivity contribution in [2.24, 2.45) is 0 Å². The summed E-state index contributed by atoms with van der Waals surface area (Å²) < 4.78 is 26.6. The van der Waals surface area contributed by atoms with Crippen molar-refractivity contribution in [1.29, 1.82) is 0 Å². The summed E-state index contributed by atoms with van der Waals surface area (Å²) in [4.78, 5) is 2.26. The highest BCUT2D eigenvalue weighted by molar-refractivity contribution is 9.10. The van der Waals surface area contributed by atoms with Crippen LogP contribution in [0.3, 0.4) is 0 Å². The molecule has 1 atom stereocenters. The molecule has 1 saturated heterocycles. The summed E-state index contributed by atoms with van der Waals surface area (Å²) in [6.45, 7) is 3.27. The number of nitrogens with zero attached hydrogens (tertiary/aromatic N) is 1. The predicted octanol–water partition coefficient (Wildman–Crippen LogP) is 2.89. The van der Waals surface area contributed by atoms with Gasteiger partial charge >= 0.3 is 0 Å². The van der Waals surface area contributed by atoms with Gasteiger partial charge in [-0.15, -0.1) is 0 Å². The maximum Gasteiger partial charge on any atom is 0.124 e. The van der Waals surface area contributed by atoms with Crippen LogP contribution >= 0.6 is 15.9 Å². The van der Waals surface area contributed by atoms with Crippen molar-refractivity contribution in [1.82, 2.24) is 10.2 Å². The van der Waals surface area contributed by atoms with Crippen molar-refractivity contribution in [3.05, 3.63) is 34.1 Å². The zero-order chi connectivity index (χ0) is 13.0.